The third-order valence-corrected chi connectivity index (χ3v) is 5.81. The number of sulfonamides is 1. The number of hydrogen-bond acceptors (Lipinski definition) is 3. The van der Waals surface area contributed by atoms with Gasteiger partial charge in [0.25, 0.3) is 0 Å². The van der Waals surface area contributed by atoms with Crippen LogP contribution in [0.1, 0.15) is 45.4 Å². The minimum Gasteiger partial charge on any atom is -0.325 e. The number of rotatable bonds is 3. The van der Waals surface area contributed by atoms with Gasteiger partial charge in [-0.15, -0.1) is 0 Å². The summed E-state index contributed by atoms with van der Waals surface area (Å²) in [6.07, 6.45) is 7.82. The molecule has 0 amide bonds. The lowest BCUT2D eigenvalue weighted by Crippen LogP contribution is -2.45. The predicted octanol–water partition coefficient (Wildman–Crippen LogP) is 1.57. The second kappa shape index (κ2) is 5.10. The van der Waals surface area contributed by atoms with Gasteiger partial charge in [-0.3, -0.25) is 0 Å². The molecule has 1 heterocycles. The quantitative estimate of drug-likeness (QED) is 0.849. The van der Waals surface area contributed by atoms with E-state index in [9.17, 15) is 8.42 Å². The van der Waals surface area contributed by atoms with E-state index in [0.29, 0.717) is 19.0 Å². The lowest BCUT2D eigenvalue weighted by Gasteiger charge is -2.35. The van der Waals surface area contributed by atoms with Gasteiger partial charge in [-0.1, -0.05) is 6.92 Å². The van der Waals surface area contributed by atoms with Crippen molar-refractivity contribution >= 4 is 10.0 Å². The van der Waals surface area contributed by atoms with E-state index in [0.717, 1.165) is 38.0 Å². The van der Waals surface area contributed by atoms with Gasteiger partial charge in [0.05, 0.1) is 6.26 Å². The minimum absolute atomic E-state index is 0.0371. The molecular formula is C13H26N2O2S. The van der Waals surface area contributed by atoms with E-state index >= 15 is 0 Å². The zero-order valence-corrected chi connectivity index (χ0v) is 12.4. The van der Waals surface area contributed by atoms with E-state index in [2.05, 4.69) is 6.92 Å². The van der Waals surface area contributed by atoms with Gasteiger partial charge in [0, 0.05) is 18.6 Å². The molecule has 2 rings (SSSR count). The van der Waals surface area contributed by atoms with Gasteiger partial charge in [0.15, 0.2) is 0 Å². The molecule has 0 bridgehead atoms. The zero-order chi connectivity index (χ0) is 13.4. The molecule has 0 aromatic carbocycles. The topological polar surface area (TPSA) is 63.4 Å². The summed E-state index contributed by atoms with van der Waals surface area (Å²) in [6, 6.07) is 0. The molecule has 0 aromatic rings. The fourth-order valence-corrected chi connectivity index (χ4v) is 4.63. The standard InChI is InChI=1S/C13H26N2O2S/c1-11-5-6-13(14,8-11)9-12-4-3-7-15(10-12)18(2,16)17/h11-12H,3-10,14H2,1-2H3. The Kier molecular flexibility index (Phi) is 4.04. The summed E-state index contributed by atoms with van der Waals surface area (Å²) in [7, 11) is -3.03. The minimum atomic E-state index is -3.03. The molecule has 3 atom stereocenters. The molecule has 1 aliphatic heterocycles. The van der Waals surface area contributed by atoms with E-state index < -0.39 is 10.0 Å². The Balaban J connectivity index is 1.94. The normalized spacial score (nSPS) is 39.1. The lowest BCUT2D eigenvalue weighted by molar-refractivity contribution is 0.213. The highest BCUT2D eigenvalue weighted by Crippen LogP contribution is 2.38. The lowest BCUT2D eigenvalue weighted by atomic mass is 9.83. The highest BCUT2D eigenvalue weighted by molar-refractivity contribution is 7.88. The molecule has 4 nitrogen and oxygen atoms in total. The Morgan fingerprint density at radius 2 is 2.11 bits per heavy atom. The van der Waals surface area contributed by atoms with E-state index in [1.807, 2.05) is 0 Å². The maximum atomic E-state index is 11.6. The monoisotopic (exact) mass is 274 g/mol. The van der Waals surface area contributed by atoms with Crippen LogP contribution in [0.3, 0.4) is 0 Å². The van der Waals surface area contributed by atoms with Crippen molar-refractivity contribution < 1.29 is 8.42 Å². The first kappa shape index (κ1) is 14.3. The van der Waals surface area contributed by atoms with Crippen molar-refractivity contribution in [3.8, 4) is 0 Å². The maximum Gasteiger partial charge on any atom is 0.211 e. The molecule has 1 saturated carbocycles. The van der Waals surface area contributed by atoms with Crippen LogP contribution in [0.25, 0.3) is 0 Å². The molecular weight excluding hydrogens is 248 g/mol. The summed E-state index contributed by atoms with van der Waals surface area (Å²) in [4.78, 5) is 0. The van der Waals surface area contributed by atoms with Crippen molar-refractivity contribution in [2.24, 2.45) is 17.6 Å². The first-order valence-corrected chi connectivity index (χ1v) is 8.87. The van der Waals surface area contributed by atoms with Crippen LogP contribution in [0.15, 0.2) is 0 Å². The summed E-state index contributed by atoms with van der Waals surface area (Å²) in [5.41, 5.74) is 6.43. The largest absolute Gasteiger partial charge is 0.325 e. The molecule has 0 spiro atoms. The third kappa shape index (κ3) is 3.45. The summed E-state index contributed by atoms with van der Waals surface area (Å²) in [6.45, 7) is 3.62. The van der Waals surface area contributed by atoms with Crippen molar-refractivity contribution in [2.45, 2.75) is 51.0 Å². The highest BCUT2D eigenvalue weighted by Gasteiger charge is 2.37. The van der Waals surface area contributed by atoms with Gasteiger partial charge in [0.2, 0.25) is 10.0 Å². The SMILES string of the molecule is CC1CCC(N)(CC2CCCN(S(C)(=O)=O)C2)C1. The number of hydrogen-bond donors (Lipinski definition) is 1. The Morgan fingerprint density at radius 1 is 1.39 bits per heavy atom. The van der Waals surface area contributed by atoms with E-state index in [-0.39, 0.29) is 5.54 Å². The van der Waals surface area contributed by atoms with Crippen LogP contribution in [0, 0.1) is 11.8 Å². The second-order valence-electron chi connectivity index (χ2n) is 6.54. The molecule has 18 heavy (non-hydrogen) atoms. The average molecular weight is 274 g/mol. The second-order valence-corrected chi connectivity index (χ2v) is 8.53. The van der Waals surface area contributed by atoms with Crippen molar-refractivity contribution in [1.29, 1.82) is 0 Å². The number of nitrogens with zero attached hydrogens (tertiary/aromatic N) is 1. The van der Waals surface area contributed by atoms with Crippen molar-refractivity contribution in [3.63, 3.8) is 0 Å². The molecule has 1 saturated heterocycles. The van der Waals surface area contributed by atoms with E-state index in [4.69, 9.17) is 5.73 Å². The van der Waals surface area contributed by atoms with Crippen molar-refractivity contribution in [2.75, 3.05) is 19.3 Å². The highest BCUT2D eigenvalue weighted by atomic mass is 32.2. The molecule has 1 aliphatic carbocycles. The Hall–Kier alpha value is -0.130. The zero-order valence-electron chi connectivity index (χ0n) is 11.6. The van der Waals surface area contributed by atoms with Crippen LogP contribution in [0.4, 0.5) is 0 Å². The molecule has 0 radical (unpaired) electrons. The Morgan fingerprint density at radius 3 is 2.67 bits per heavy atom. The van der Waals surface area contributed by atoms with Gasteiger partial charge in [-0.2, -0.15) is 0 Å². The van der Waals surface area contributed by atoms with Gasteiger partial charge in [0.1, 0.15) is 0 Å². The Bertz CT molecular complexity index is 396. The number of piperidine rings is 1. The van der Waals surface area contributed by atoms with Gasteiger partial charge in [-0.25, -0.2) is 12.7 Å². The molecule has 2 fully saturated rings. The molecule has 5 heteroatoms. The predicted molar refractivity (Wildman–Crippen MR) is 73.7 cm³/mol. The summed E-state index contributed by atoms with van der Waals surface area (Å²) < 4.78 is 24.8. The van der Waals surface area contributed by atoms with Crippen molar-refractivity contribution in [1.82, 2.24) is 4.31 Å². The van der Waals surface area contributed by atoms with Crippen molar-refractivity contribution in [3.05, 3.63) is 0 Å². The maximum absolute atomic E-state index is 11.6. The van der Waals surface area contributed by atoms with E-state index in [1.165, 1.54) is 12.7 Å². The van der Waals surface area contributed by atoms with Crippen LogP contribution in [0.2, 0.25) is 0 Å². The van der Waals surface area contributed by atoms with E-state index in [1.54, 1.807) is 4.31 Å². The fourth-order valence-electron chi connectivity index (χ4n) is 3.69. The average Bonchev–Trinajstić information content (AvgIpc) is 2.57. The van der Waals surface area contributed by atoms with Gasteiger partial charge in [-0.05, 0) is 50.4 Å². The van der Waals surface area contributed by atoms with Crippen LogP contribution in [-0.2, 0) is 10.0 Å². The van der Waals surface area contributed by atoms with Crippen LogP contribution < -0.4 is 5.73 Å². The van der Waals surface area contributed by atoms with Gasteiger partial charge >= 0.3 is 0 Å². The Labute approximate surface area is 111 Å². The summed E-state index contributed by atoms with van der Waals surface area (Å²) in [5.74, 6) is 1.17. The molecule has 106 valence electrons. The first-order valence-electron chi connectivity index (χ1n) is 7.02. The summed E-state index contributed by atoms with van der Waals surface area (Å²) in [5, 5.41) is 0. The van der Waals surface area contributed by atoms with Crippen LogP contribution >= 0.6 is 0 Å². The smallest absolute Gasteiger partial charge is 0.211 e. The third-order valence-electron chi connectivity index (χ3n) is 4.54. The molecule has 3 unspecified atom stereocenters. The fraction of sp³-hybridized carbons (Fsp3) is 1.00. The van der Waals surface area contributed by atoms with Gasteiger partial charge < -0.3 is 5.73 Å². The number of nitrogens with two attached hydrogens (primary N) is 1. The van der Waals surface area contributed by atoms with Crippen LogP contribution in [0.5, 0.6) is 0 Å². The molecule has 2 aliphatic rings. The molecule has 2 N–H and O–H groups in total. The molecule has 0 aromatic heterocycles. The first-order chi connectivity index (χ1) is 8.28. The van der Waals surface area contributed by atoms with Crippen LogP contribution in [-0.4, -0.2) is 37.6 Å². The summed E-state index contributed by atoms with van der Waals surface area (Å²) >= 11 is 0.